The number of nitrogens with zero attached hydrogens (tertiary/aromatic N) is 2. The van der Waals surface area contributed by atoms with E-state index in [2.05, 4.69) is 10.6 Å². The van der Waals surface area contributed by atoms with Crippen LogP contribution < -0.4 is 21.1 Å². The molecule has 0 saturated carbocycles. The van der Waals surface area contributed by atoms with Crippen molar-refractivity contribution in [1.82, 2.24) is 15.1 Å². The normalized spacial score (nSPS) is 10.5. The Morgan fingerprint density at radius 3 is 2.44 bits per heavy atom. The van der Waals surface area contributed by atoms with Gasteiger partial charge in [-0.3, -0.25) is 4.79 Å². The molecule has 4 rings (SSSR count). The molecule has 4 N–H and O–H groups in total. The summed E-state index contributed by atoms with van der Waals surface area (Å²) in [6.07, 6.45) is 1.73. The van der Waals surface area contributed by atoms with Crippen LogP contribution in [0.15, 0.2) is 79.0 Å². The molecule has 8 heteroatoms. The maximum atomic E-state index is 13.2. The largest absolute Gasteiger partial charge is 0.497 e. The molecule has 0 spiro atoms. The number of hydrogen-bond donors (Lipinski definition) is 3. The number of methoxy groups -OCH3 is 1. The maximum absolute atomic E-state index is 13.2. The molecule has 3 aromatic carbocycles. The third-order valence-corrected chi connectivity index (χ3v) is 5.28. The molecule has 0 unspecified atom stereocenters. The number of rotatable bonds is 7. The molecule has 172 valence electrons. The van der Waals surface area contributed by atoms with Gasteiger partial charge in [0.2, 0.25) is 0 Å². The molecule has 1 aromatic heterocycles. The number of anilines is 1. The first-order chi connectivity index (χ1) is 16.4. The molecule has 0 aliphatic carbocycles. The van der Waals surface area contributed by atoms with Gasteiger partial charge in [-0.2, -0.15) is 5.10 Å². The van der Waals surface area contributed by atoms with Crippen molar-refractivity contribution in [3.63, 3.8) is 0 Å². The highest BCUT2D eigenvalue weighted by Crippen LogP contribution is 2.27. The van der Waals surface area contributed by atoms with E-state index in [-0.39, 0.29) is 5.91 Å². The van der Waals surface area contributed by atoms with Crippen LogP contribution in [0.1, 0.15) is 21.5 Å². The van der Waals surface area contributed by atoms with Gasteiger partial charge >= 0.3 is 6.03 Å². The van der Waals surface area contributed by atoms with E-state index < -0.39 is 6.03 Å². The number of hydrogen-bond acceptors (Lipinski definition) is 4. The third kappa shape index (κ3) is 5.24. The summed E-state index contributed by atoms with van der Waals surface area (Å²) < 4.78 is 7.05. The minimum Gasteiger partial charge on any atom is -0.497 e. The second kappa shape index (κ2) is 9.91. The fraction of sp³-hybridized carbons (Fsp3) is 0.115. The Kier molecular flexibility index (Phi) is 6.59. The summed E-state index contributed by atoms with van der Waals surface area (Å²) in [6.45, 7) is 2.33. The Morgan fingerprint density at radius 1 is 1.03 bits per heavy atom. The Hall–Kier alpha value is -4.59. The van der Waals surface area contributed by atoms with E-state index >= 15 is 0 Å². The van der Waals surface area contributed by atoms with Gasteiger partial charge in [-0.05, 0) is 48.9 Å². The van der Waals surface area contributed by atoms with Crippen LogP contribution in [0.5, 0.6) is 5.75 Å². The quantitative estimate of drug-likeness (QED) is 0.386. The van der Waals surface area contributed by atoms with Crippen LogP contribution in [0.2, 0.25) is 0 Å². The number of ether oxygens (including phenoxy) is 1. The second-order valence-electron chi connectivity index (χ2n) is 7.77. The fourth-order valence-electron chi connectivity index (χ4n) is 3.48. The first-order valence-electron chi connectivity index (χ1n) is 10.7. The van der Waals surface area contributed by atoms with Gasteiger partial charge in [0.1, 0.15) is 11.4 Å². The molecule has 0 saturated heterocycles. The number of nitrogens with one attached hydrogen (secondary N) is 2. The monoisotopic (exact) mass is 455 g/mol. The van der Waals surface area contributed by atoms with Crippen molar-refractivity contribution in [2.45, 2.75) is 13.5 Å². The highest BCUT2D eigenvalue weighted by molar-refractivity contribution is 6.00. The molecule has 34 heavy (non-hydrogen) atoms. The zero-order valence-corrected chi connectivity index (χ0v) is 18.9. The van der Waals surface area contributed by atoms with E-state index in [0.29, 0.717) is 29.2 Å². The summed E-state index contributed by atoms with van der Waals surface area (Å²) in [5.74, 6) is 0.425. The van der Waals surface area contributed by atoms with E-state index in [1.54, 1.807) is 30.1 Å². The van der Waals surface area contributed by atoms with Gasteiger partial charge in [0.05, 0.1) is 18.4 Å². The van der Waals surface area contributed by atoms with E-state index in [0.717, 1.165) is 22.4 Å². The fourth-order valence-corrected chi connectivity index (χ4v) is 3.48. The molecule has 0 aliphatic heterocycles. The summed E-state index contributed by atoms with van der Waals surface area (Å²) >= 11 is 0. The van der Waals surface area contributed by atoms with Crippen molar-refractivity contribution in [2.75, 3.05) is 12.4 Å². The Labute approximate surface area is 197 Å². The molecule has 8 nitrogen and oxygen atoms in total. The van der Waals surface area contributed by atoms with Crippen LogP contribution in [-0.2, 0) is 6.54 Å². The molecular weight excluding hydrogens is 430 g/mol. The van der Waals surface area contributed by atoms with Crippen molar-refractivity contribution < 1.29 is 14.3 Å². The van der Waals surface area contributed by atoms with Crippen LogP contribution >= 0.6 is 0 Å². The van der Waals surface area contributed by atoms with E-state index in [1.807, 2.05) is 67.6 Å². The third-order valence-electron chi connectivity index (χ3n) is 5.28. The van der Waals surface area contributed by atoms with Gasteiger partial charge in [0.15, 0.2) is 0 Å². The predicted molar refractivity (Wildman–Crippen MR) is 131 cm³/mol. The summed E-state index contributed by atoms with van der Waals surface area (Å²) in [5, 5.41) is 10.2. The zero-order valence-electron chi connectivity index (χ0n) is 18.9. The maximum Gasteiger partial charge on any atom is 0.316 e. The number of carbonyl (C=O) groups is 2. The number of aryl methyl sites for hydroxylation is 1. The molecule has 0 atom stereocenters. The van der Waals surface area contributed by atoms with Crippen molar-refractivity contribution in [3.05, 3.63) is 95.7 Å². The Bertz CT molecular complexity index is 1310. The molecule has 4 aromatic rings. The van der Waals surface area contributed by atoms with Crippen molar-refractivity contribution in [3.8, 4) is 22.7 Å². The summed E-state index contributed by atoms with van der Waals surface area (Å²) in [5.41, 5.74) is 10.4. The zero-order chi connectivity index (χ0) is 24.1. The Morgan fingerprint density at radius 2 is 1.76 bits per heavy atom. The predicted octanol–water partition coefficient (Wildman–Crippen LogP) is 4.28. The molecule has 0 bridgehead atoms. The van der Waals surface area contributed by atoms with E-state index in [4.69, 9.17) is 15.6 Å². The van der Waals surface area contributed by atoms with Crippen molar-refractivity contribution in [1.29, 1.82) is 0 Å². The Balaban J connectivity index is 1.61. The number of carbonyl (C=O) groups excluding carboxylic acids is 2. The molecular formula is C26H25N5O3. The number of aromatic nitrogens is 2. The van der Waals surface area contributed by atoms with Crippen LogP contribution in [-0.4, -0.2) is 28.8 Å². The number of primary amides is 1. The topological polar surface area (TPSA) is 111 Å². The summed E-state index contributed by atoms with van der Waals surface area (Å²) in [7, 11) is 1.60. The highest BCUT2D eigenvalue weighted by Gasteiger charge is 2.19. The lowest BCUT2D eigenvalue weighted by molar-refractivity contribution is 0.0951. The minimum atomic E-state index is -0.628. The molecule has 3 amide bonds. The van der Waals surface area contributed by atoms with Crippen molar-refractivity contribution >= 4 is 17.6 Å². The van der Waals surface area contributed by atoms with Crippen LogP contribution in [0.25, 0.3) is 16.9 Å². The summed E-state index contributed by atoms with van der Waals surface area (Å²) in [6, 6.07) is 21.8. The first kappa shape index (κ1) is 22.6. The number of nitrogens with two attached hydrogens (primary N) is 1. The SMILES string of the molecule is COc1cccc(-c2nn(-c3ccc(C)cc3)cc2C(=O)NCc2ccc(NC(N)=O)cc2)c1. The highest BCUT2D eigenvalue weighted by atomic mass is 16.5. The minimum absolute atomic E-state index is 0.254. The lowest BCUT2D eigenvalue weighted by Gasteiger charge is -2.08. The standard InChI is InChI=1S/C26H25N5O3/c1-17-6-12-21(13-7-17)31-16-23(24(30-31)19-4-3-5-22(14-19)34-2)25(32)28-15-18-8-10-20(11-9-18)29-26(27)33/h3-14,16H,15H2,1-2H3,(H,28,32)(H3,27,29,33). The van der Waals surface area contributed by atoms with Crippen LogP contribution in [0.3, 0.4) is 0 Å². The molecule has 0 fully saturated rings. The second-order valence-corrected chi connectivity index (χ2v) is 7.77. The molecule has 1 heterocycles. The van der Waals surface area contributed by atoms with Crippen LogP contribution in [0, 0.1) is 6.92 Å². The first-order valence-corrected chi connectivity index (χ1v) is 10.7. The number of urea groups is 1. The van der Waals surface area contributed by atoms with Gasteiger partial charge in [-0.15, -0.1) is 0 Å². The van der Waals surface area contributed by atoms with Gasteiger partial charge < -0.3 is 21.1 Å². The van der Waals surface area contributed by atoms with Crippen LogP contribution in [0.4, 0.5) is 10.5 Å². The van der Waals surface area contributed by atoms with Gasteiger partial charge in [0.25, 0.3) is 5.91 Å². The van der Waals surface area contributed by atoms with Crippen molar-refractivity contribution in [2.24, 2.45) is 5.73 Å². The van der Waals surface area contributed by atoms with Gasteiger partial charge in [0, 0.05) is 24.0 Å². The average molecular weight is 456 g/mol. The number of benzene rings is 3. The van der Waals surface area contributed by atoms with Gasteiger partial charge in [-0.1, -0.05) is 42.0 Å². The number of amides is 3. The van der Waals surface area contributed by atoms with E-state index in [1.165, 1.54) is 0 Å². The smallest absolute Gasteiger partial charge is 0.316 e. The van der Waals surface area contributed by atoms with E-state index in [9.17, 15) is 9.59 Å². The molecule has 0 radical (unpaired) electrons. The lowest BCUT2D eigenvalue weighted by atomic mass is 10.1. The lowest BCUT2D eigenvalue weighted by Crippen LogP contribution is -2.23. The van der Waals surface area contributed by atoms with Gasteiger partial charge in [-0.25, -0.2) is 9.48 Å². The average Bonchev–Trinajstić information content (AvgIpc) is 3.29. The molecule has 0 aliphatic rings. The summed E-state index contributed by atoms with van der Waals surface area (Å²) in [4.78, 5) is 24.2.